The van der Waals surface area contributed by atoms with Crippen LogP contribution in [0.1, 0.15) is 24.3 Å². The van der Waals surface area contributed by atoms with Gasteiger partial charge in [0.05, 0.1) is 19.4 Å². The summed E-state index contributed by atoms with van der Waals surface area (Å²) in [7, 11) is 1.98. The van der Waals surface area contributed by atoms with Crippen molar-refractivity contribution in [2.45, 2.75) is 18.8 Å². The molecule has 0 bridgehead atoms. The van der Waals surface area contributed by atoms with Crippen LogP contribution in [-0.4, -0.2) is 59.1 Å². The number of aryl methyl sites for hydroxylation is 1. The molecule has 2 aromatic heterocycles. The first-order chi connectivity index (χ1) is 11.8. The molecular formula is C17H24N6O. The van der Waals surface area contributed by atoms with Gasteiger partial charge in [0.15, 0.2) is 0 Å². The Morgan fingerprint density at radius 1 is 1.00 bits per heavy atom. The van der Waals surface area contributed by atoms with E-state index >= 15 is 0 Å². The van der Waals surface area contributed by atoms with Gasteiger partial charge in [-0.2, -0.15) is 5.10 Å². The first-order valence-electron chi connectivity index (χ1n) is 8.68. The minimum absolute atomic E-state index is 0.607. The smallest absolute Gasteiger partial charge is 0.134 e. The van der Waals surface area contributed by atoms with E-state index in [0.29, 0.717) is 5.92 Å². The van der Waals surface area contributed by atoms with Gasteiger partial charge in [-0.05, 0) is 24.3 Å². The Morgan fingerprint density at radius 2 is 1.67 bits per heavy atom. The van der Waals surface area contributed by atoms with Crippen molar-refractivity contribution in [1.29, 1.82) is 0 Å². The molecule has 24 heavy (non-hydrogen) atoms. The topological polar surface area (TPSA) is 59.3 Å². The number of ether oxygens (including phenoxy) is 1. The van der Waals surface area contributed by atoms with Crippen LogP contribution in [0.3, 0.4) is 0 Å². The summed E-state index contributed by atoms with van der Waals surface area (Å²) in [6.07, 6.45) is 8.11. The zero-order chi connectivity index (χ0) is 16.4. The second-order valence-electron chi connectivity index (χ2n) is 6.54. The highest BCUT2D eigenvalue weighted by atomic mass is 16.5. The first kappa shape index (κ1) is 15.4. The normalized spacial score (nSPS) is 19.7. The highest BCUT2D eigenvalue weighted by molar-refractivity contribution is 5.50. The van der Waals surface area contributed by atoms with E-state index in [1.807, 2.05) is 17.9 Å². The Balaban J connectivity index is 1.42. The molecule has 2 aliphatic rings. The summed E-state index contributed by atoms with van der Waals surface area (Å²) in [5.74, 6) is 2.66. The Labute approximate surface area is 142 Å². The van der Waals surface area contributed by atoms with Gasteiger partial charge in [0.1, 0.15) is 18.0 Å². The lowest BCUT2D eigenvalue weighted by Gasteiger charge is -2.33. The minimum atomic E-state index is 0.607. The van der Waals surface area contributed by atoms with Gasteiger partial charge in [-0.3, -0.25) is 4.68 Å². The largest absolute Gasteiger partial charge is 0.378 e. The molecule has 2 saturated heterocycles. The maximum absolute atomic E-state index is 5.42. The van der Waals surface area contributed by atoms with Crippen LogP contribution in [0.4, 0.5) is 11.6 Å². The van der Waals surface area contributed by atoms with Crippen LogP contribution in [-0.2, 0) is 11.8 Å². The zero-order valence-electron chi connectivity index (χ0n) is 14.1. The van der Waals surface area contributed by atoms with Gasteiger partial charge in [0, 0.05) is 45.5 Å². The monoisotopic (exact) mass is 328 g/mol. The Kier molecular flexibility index (Phi) is 4.34. The fourth-order valence-corrected chi connectivity index (χ4v) is 3.57. The summed E-state index contributed by atoms with van der Waals surface area (Å²) in [5.41, 5.74) is 1.36. The molecule has 0 saturated carbocycles. The summed E-state index contributed by atoms with van der Waals surface area (Å²) >= 11 is 0. The van der Waals surface area contributed by atoms with Crippen LogP contribution in [0.25, 0.3) is 0 Å². The number of morpholine rings is 1. The molecule has 7 nitrogen and oxygen atoms in total. The molecule has 2 fully saturated rings. The van der Waals surface area contributed by atoms with Crippen molar-refractivity contribution >= 4 is 11.6 Å². The van der Waals surface area contributed by atoms with Crippen molar-refractivity contribution < 1.29 is 4.74 Å². The maximum Gasteiger partial charge on any atom is 0.134 e. The summed E-state index contributed by atoms with van der Waals surface area (Å²) in [5, 5.41) is 4.30. The average molecular weight is 328 g/mol. The van der Waals surface area contributed by atoms with Gasteiger partial charge in [-0.25, -0.2) is 9.97 Å². The zero-order valence-corrected chi connectivity index (χ0v) is 14.1. The third-order valence-electron chi connectivity index (χ3n) is 4.99. The van der Waals surface area contributed by atoms with Crippen LogP contribution in [0.15, 0.2) is 24.8 Å². The van der Waals surface area contributed by atoms with Crippen LogP contribution in [0.5, 0.6) is 0 Å². The van der Waals surface area contributed by atoms with E-state index in [0.717, 1.165) is 63.9 Å². The van der Waals surface area contributed by atoms with Gasteiger partial charge < -0.3 is 14.5 Å². The molecular weight excluding hydrogens is 304 g/mol. The minimum Gasteiger partial charge on any atom is -0.378 e. The molecule has 0 N–H and O–H groups in total. The van der Waals surface area contributed by atoms with Gasteiger partial charge in [0.25, 0.3) is 0 Å². The van der Waals surface area contributed by atoms with E-state index in [4.69, 9.17) is 4.74 Å². The van der Waals surface area contributed by atoms with E-state index in [1.165, 1.54) is 5.56 Å². The van der Waals surface area contributed by atoms with E-state index in [1.54, 1.807) is 6.33 Å². The number of aromatic nitrogens is 4. The highest BCUT2D eigenvalue weighted by Crippen LogP contribution is 2.30. The number of piperidine rings is 1. The third kappa shape index (κ3) is 3.21. The molecule has 0 spiro atoms. The molecule has 128 valence electrons. The van der Waals surface area contributed by atoms with Gasteiger partial charge >= 0.3 is 0 Å². The number of rotatable bonds is 3. The predicted octanol–water partition coefficient (Wildman–Crippen LogP) is 1.43. The number of nitrogens with zero attached hydrogens (tertiary/aromatic N) is 6. The van der Waals surface area contributed by atoms with E-state index in [9.17, 15) is 0 Å². The average Bonchev–Trinajstić information content (AvgIpc) is 3.09. The maximum atomic E-state index is 5.42. The molecule has 7 heteroatoms. The fourth-order valence-electron chi connectivity index (χ4n) is 3.57. The lowest BCUT2D eigenvalue weighted by molar-refractivity contribution is 0.122. The van der Waals surface area contributed by atoms with Crippen LogP contribution in [0, 0.1) is 0 Å². The molecule has 0 radical (unpaired) electrons. The van der Waals surface area contributed by atoms with Crippen molar-refractivity contribution in [3.05, 3.63) is 30.4 Å². The lowest BCUT2D eigenvalue weighted by atomic mass is 9.91. The molecule has 0 aromatic carbocycles. The van der Waals surface area contributed by atoms with Crippen molar-refractivity contribution in [1.82, 2.24) is 19.7 Å². The number of hydrogen-bond donors (Lipinski definition) is 0. The second kappa shape index (κ2) is 6.76. The molecule has 0 atom stereocenters. The van der Waals surface area contributed by atoms with E-state index < -0.39 is 0 Å². The van der Waals surface area contributed by atoms with E-state index in [-0.39, 0.29) is 0 Å². The predicted molar refractivity (Wildman–Crippen MR) is 92.5 cm³/mol. The van der Waals surface area contributed by atoms with Crippen molar-refractivity contribution in [2.75, 3.05) is 49.2 Å². The lowest BCUT2D eigenvalue weighted by Crippen LogP contribution is -2.37. The summed E-state index contributed by atoms with van der Waals surface area (Å²) in [4.78, 5) is 13.6. The molecule has 0 unspecified atom stereocenters. The Bertz CT molecular complexity index is 673. The summed E-state index contributed by atoms with van der Waals surface area (Å²) in [6, 6.07) is 2.12. The van der Waals surface area contributed by atoms with E-state index in [2.05, 4.69) is 37.1 Å². The SMILES string of the molecule is Cn1cc(C2CCN(c3cc(N4CCOCC4)ncn3)CC2)cn1. The van der Waals surface area contributed by atoms with Crippen molar-refractivity contribution in [2.24, 2.45) is 7.05 Å². The number of hydrogen-bond acceptors (Lipinski definition) is 6. The molecule has 4 rings (SSSR count). The van der Waals surface area contributed by atoms with Crippen molar-refractivity contribution in [3.8, 4) is 0 Å². The van der Waals surface area contributed by atoms with Crippen LogP contribution in [0.2, 0.25) is 0 Å². The molecule has 4 heterocycles. The molecule has 0 aliphatic carbocycles. The molecule has 2 aliphatic heterocycles. The van der Waals surface area contributed by atoms with Crippen LogP contribution >= 0.6 is 0 Å². The third-order valence-corrected chi connectivity index (χ3v) is 4.99. The van der Waals surface area contributed by atoms with Crippen molar-refractivity contribution in [3.63, 3.8) is 0 Å². The Hall–Kier alpha value is -2.15. The van der Waals surface area contributed by atoms with Gasteiger partial charge in [-0.1, -0.05) is 0 Å². The summed E-state index contributed by atoms with van der Waals surface area (Å²) < 4.78 is 7.31. The standard InChI is InChI=1S/C17H24N6O/c1-21-12-15(11-20-21)14-2-4-22(5-3-14)16-10-17(19-13-18-16)23-6-8-24-9-7-23/h10-14H,2-9H2,1H3. The fraction of sp³-hybridized carbons (Fsp3) is 0.588. The number of anilines is 2. The highest BCUT2D eigenvalue weighted by Gasteiger charge is 2.23. The Morgan fingerprint density at radius 3 is 2.29 bits per heavy atom. The quantitative estimate of drug-likeness (QED) is 0.849. The summed E-state index contributed by atoms with van der Waals surface area (Å²) in [6.45, 7) is 5.41. The van der Waals surface area contributed by atoms with Gasteiger partial charge in [-0.15, -0.1) is 0 Å². The van der Waals surface area contributed by atoms with Crippen LogP contribution < -0.4 is 9.80 Å². The van der Waals surface area contributed by atoms with Gasteiger partial charge in [0.2, 0.25) is 0 Å². The first-order valence-corrected chi connectivity index (χ1v) is 8.68. The molecule has 0 amide bonds. The molecule has 2 aromatic rings. The second-order valence-corrected chi connectivity index (χ2v) is 6.54.